The summed E-state index contributed by atoms with van der Waals surface area (Å²) in [6.07, 6.45) is 1.20. The number of Topliss-reactive ketones (excluding diaryl/α,β-unsaturated/α-hetero) is 1. The van der Waals surface area contributed by atoms with Gasteiger partial charge in [0.05, 0.1) is 39.9 Å². The number of ether oxygens (including phenoxy) is 1. The van der Waals surface area contributed by atoms with Crippen LogP contribution in [0.15, 0.2) is 71.8 Å². The number of hydrogen-bond acceptors (Lipinski definition) is 6. The summed E-state index contributed by atoms with van der Waals surface area (Å²) in [5, 5.41) is 4.53. The van der Waals surface area contributed by atoms with Crippen LogP contribution in [-0.4, -0.2) is 36.5 Å². The molecule has 4 aromatic rings. The molecule has 1 aromatic heterocycles. The quantitative estimate of drug-likeness (QED) is 0.298. The Kier molecular flexibility index (Phi) is 6.01. The summed E-state index contributed by atoms with van der Waals surface area (Å²) in [6.45, 7) is 0. The summed E-state index contributed by atoms with van der Waals surface area (Å²) in [6, 6.07) is 14.0. The van der Waals surface area contributed by atoms with Crippen LogP contribution in [0, 0.1) is 5.82 Å². The van der Waals surface area contributed by atoms with Crippen molar-refractivity contribution in [2.45, 2.75) is 11.3 Å². The number of carbonyl (C=O) groups excluding carboxylic acids is 2. The van der Waals surface area contributed by atoms with E-state index in [1.54, 1.807) is 12.1 Å². The number of carbonyl (C=O) groups is 2. The number of nitrogens with zero attached hydrogens (tertiary/aromatic N) is 2. The molecule has 10 heteroatoms. The average Bonchev–Trinajstić information content (AvgIpc) is 3.22. The second-order valence-corrected chi connectivity index (χ2v) is 9.27. The lowest BCUT2D eigenvalue weighted by Gasteiger charge is -2.08. The van der Waals surface area contributed by atoms with Gasteiger partial charge in [0, 0.05) is 11.8 Å². The maximum absolute atomic E-state index is 14.1. The first kappa shape index (κ1) is 22.6. The van der Waals surface area contributed by atoms with Gasteiger partial charge in [-0.3, -0.25) is 4.79 Å². The number of rotatable bonds is 6. The predicted molar refractivity (Wildman–Crippen MR) is 120 cm³/mol. The van der Waals surface area contributed by atoms with E-state index >= 15 is 0 Å². The Morgan fingerprint density at radius 3 is 2.48 bits per heavy atom. The maximum atomic E-state index is 14.1. The molecule has 0 bridgehead atoms. The van der Waals surface area contributed by atoms with E-state index in [-0.39, 0.29) is 33.0 Å². The van der Waals surface area contributed by atoms with Gasteiger partial charge in [0.1, 0.15) is 5.82 Å². The van der Waals surface area contributed by atoms with E-state index in [1.807, 2.05) is 0 Å². The summed E-state index contributed by atoms with van der Waals surface area (Å²) < 4.78 is 45.9. The lowest BCUT2D eigenvalue weighted by molar-refractivity contribution is 0.0600. The van der Waals surface area contributed by atoms with Crippen LogP contribution >= 0.6 is 11.6 Å². The van der Waals surface area contributed by atoms with E-state index < -0.39 is 27.6 Å². The van der Waals surface area contributed by atoms with Crippen LogP contribution in [0.5, 0.6) is 0 Å². The molecule has 0 aliphatic carbocycles. The topological polar surface area (TPSA) is 95.3 Å². The normalized spacial score (nSPS) is 11.5. The minimum atomic E-state index is -4.09. The number of methoxy groups -OCH3 is 1. The first-order valence-corrected chi connectivity index (χ1v) is 11.4. The van der Waals surface area contributed by atoms with Crippen LogP contribution in [0.2, 0.25) is 5.02 Å². The summed E-state index contributed by atoms with van der Waals surface area (Å²) in [5.74, 6) is -1.85. The Labute approximate surface area is 193 Å². The molecule has 0 amide bonds. The van der Waals surface area contributed by atoms with Gasteiger partial charge in [-0.25, -0.2) is 9.18 Å². The molecule has 0 aliphatic heterocycles. The maximum Gasteiger partial charge on any atom is 0.337 e. The smallest absolute Gasteiger partial charge is 0.337 e. The minimum absolute atomic E-state index is 0.00380. The van der Waals surface area contributed by atoms with Gasteiger partial charge in [0.25, 0.3) is 10.0 Å². The number of ketones is 1. The molecule has 33 heavy (non-hydrogen) atoms. The molecule has 0 radical (unpaired) electrons. The Balaban J connectivity index is 1.69. The fourth-order valence-electron chi connectivity index (χ4n) is 3.36. The highest BCUT2D eigenvalue weighted by atomic mass is 35.5. The summed E-state index contributed by atoms with van der Waals surface area (Å²) in [4.78, 5) is 24.2. The highest BCUT2D eigenvalue weighted by molar-refractivity contribution is 7.90. The van der Waals surface area contributed by atoms with E-state index in [2.05, 4.69) is 9.84 Å². The summed E-state index contributed by atoms with van der Waals surface area (Å²) in [5.41, 5.74) is 0.697. The van der Waals surface area contributed by atoms with Gasteiger partial charge in [-0.2, -0.15) is 17.6 Å². The lowest BCUT2D eigenvalue weighted by atomic mass is 10.0. The molecule has 3 aromatic carbocycles. The number of benzene rings is 3. The predicted octanol–water partition coefficient (Wildman–Crippen LogP) is 4.28. The number of esters is 1. The van der Waals surface area contributed by atoms with Crippen molar-refractivity contribution in [2.75, 3.05) is 7.11 Å². The van der Waals surface area contributed by atoms with Crippen LogP contribution in [0.4, 0.5) is 4.39 Å². The third-order valence-corrected chi connectivity index (χ3v) is 6.94. The molecule has 1 heterocycles. The molecule has 0 saturated heterocycles. The Hall–Kier alpha value is -3.56. The lowest BCUT2D eigenvalue weighted by Crippen LogP contribution is -2.15. The highest BCUT2D eigenvalue weighted by Crippen LogP contribution is 2.25. The number of halogens is 2. The fourth-order valence-corrected chi connectivity index (χ4v) is 4.90. The van der Waals surface area contributed by atoms with E-state index in [0.717, 1.165) is 10.2 Å². The van der Waals surface area contributed by atoms with E-state index in [0.29, 0.717) is 10.9 Å². The van der Waals surface area contributed by atoms with Crippen LogP contribution in [0.1, 0.15) is 26.3 Å². The zero-order valence-electron chi connectivity index (χ0n) is 17.2. The van der Waals surface area contributed by atoms with E-state index in [4.69, 9.17) is 11.6 Å². The molecule has 0 spiro atoms. The van der Waals surface area contributed by atoms with Crippen molar-refractivity contribution in [1.29, 1.82) is 0 Å². The SMILES string of the molecule is COC(=O)c1ccc(S(=O)(=O)n2ncc3ccc(CC(=O)c4c(F)cccc4Cl)cc32)cc1. The molecule has 0 fully saturated rings. The van der Waals surface area contributed by atoms with Crippen molar-refractivity contribution in [3.8, 4) is 0 Å². The molecule has 0 N–H and O–H groups in total. The molecule has 0 aliphatic rings. The summed E-state index contributed by atoms with van der Waals surface area (Å²) in [7, 11) is -2.87. The molecule has 0 unspecified atom stereocenters. The van der Waals surface area contributed by atoms with Gasteiger partial charge in [0.2, 0.25) is 0 Å². The van der Waals surface area contributed by atoms with Crippen molar-refractivity contribution < 1.29 is 27.1 Å². The Morgan fingerprint density at radius 1 is 1.09 bits per heavy atom. The van der Waals surface area contributed by atoms with Crippen LogP contribution in [-0.2, 0) is 21.2 Å². The standard InChI is InChI=1S/C23H16ClFN2O5S/c1-32-23(29)15-7-9-17(10-8-15)33(30,31)27-20-11-14(5-6-16(20)13-26-27)12-21(28)22-18(24)3-2-4-19(22)25/h2-11,13H,12H2,1H3. The number of hydrogen-bond donors (Lipinski definition) is 0. The zero-order valence-corrected chi connectivity index (χ0v) is 18.7. The van der Waals surface area contributed by atoms with E-state index in [1.165, 1.54) is 55.8 Å². The highest BCUT2D eigenvalue weighted by Gasteiger charge is 2.22. The summed E-state index contributed by atoms with van der Waals surface area (Å²) >= 11 is 5.98. The fraction of sp³-hybridized carbons (Fsp3) is 0.0870. The van der Waals surface area contributed by atoms with Crippen LogP contribution in [0.25, 0.3) is 10.9 Å². The van der Waals surface area contributed by atoms with Gasteiger partial charge in [-0.15, -0.1) is 0 Å². The molecule has 168 valence electrons. The second kappa shape index (κ2) is 8.76. The molecule has 7 nitrogen and oxygen atoms in total. The van der Waals surface area contributed by atoms with Gasteiger partial charge >= 0.3 is 5.97 Å². The van der Waals surface area contributed by atoms with Crippen molar-refractivity contribution >= 4 is 44.3 Å². The third-order valence-electron chi connectivity index (χ3n) is 5.01. The third kappa shape index (κ3) is 4.24. The molecule has 0 saturated carbocycles. The van der Waals surface area contributed by atoms with Crippen molar-refractivity contribution in [1.82, 2.24) is 9.19 Å². The van der Waals surface area contributed by atoms with E-state index in [9.17, 15) is 22.4 Å². The zero-order chi connectivity index (χ0) is 23.8. The largest absolute Gasteiger partial charge is 0.465 e. The average molecular weight is 487 g/mol. The van der Waals surface area contributed by atoms with Crippen molar-refractivity contribution in [2.24, 2.45) is 0 Å². The van der Waals surface area contributed by atoms with Crippen molar-refractivity contribution in [3.63, 3.8) is 0 Å². The van der Waals surface area contributed by atoms with Gasteiger partial charge < -0.3 is 4.74 Å². The monoisotopic (exact) mass is 486 g/mol. The number of aromatic nitrogens is 2. The number of fused-ring (bicyclic) bond motifs is 1. The van der Waals surface area contributed by atoms with Gasteiger partial charge in [0.15, 0.2) is 5.78 Å². The molecule has 0 atom stereocenters. The first-order valence-electron chi connectivity index (χ1n) is 9.60. The van der Waals surface area contributed by atoms with Crippen LogP contribution in [0.3, 0.4) is 0 Å². The van der Waals surface area contributed by atoms with Crippen LogP contribution < -0.4 is 0 Å². The van der Waals surface area contributed by atoms with Gasteiger partial charge in [-0.1, -0.05) is 29.8 Å². The Morgan fingerprint density at radius 2 is 1.82 bits per heavy atom. The molecule has 4 rings (SSSR count). The molecular formula is C23H16ClFN2O5S. The minimum Gasteiger partial charge on any atom is -0.465 e. The van der Waals surface area contributed by atoms with Crippen molar-refractivity contribution in [3.05, 3.63) is 94.4 Å². The first-order chi connectivity index (χ1) is 15.7. The van der Waals surface area contributed by atoms with Gasteiger partial charge in [-0.05, 0) is 48.0 Å². The second-order valence-electron chi connectivity index (χ2n) is 7.10. The Bertz CT molecular complexity index is 1480. The molecular weight excluding hydrogens is 471 g/mol.